The average Bonchev–Trinajstić information content (AvgIpc) is 2.52. The Morgan fingerprint density at radius 1 is 0.958 bits per heavy atom. The molecule has 0 aliphatic rings. The predicted molar refractivity (Wildman–Crippen MR) is 95.3 cm³/mol. The van der Waals surface area contributed by atoms with Gasteiger partial charge in [0.2, 0.25) is 0 Å². The third kappa shape index (κ3) is 8.40. The molecule has 0 radical (unpaired) electrons. The van der Waals surface area contributed by atoms with Crippen LogP contribution in [0, 0.1) is 0 Å². The molecule has 0 spiro atoms. The van der Waals surface area contributed by atoms with Gasteiger partial charge in [0.1, 0.15) is 5.75 Å². The summed E-state index contributed by atoms with van der Waals surface area (Å²) in [6.45, 7) is 6.87. The Hall–Kier alpha value is -0.720. The van der Waals surface area contributed by atoms with Gasteiger partial charge in [0.05, 0.1) is 23.3 Å². The molecule has 1 N–H and O–H groups in total. The van der Waals surface area contributed by atoms with E-state index in [4.69, 9.17) is 42.1 Å². The lowest BCUT2D eigenvalue weighted by Crippen LogP contribution is -2.19. The van der Waals surface area contributed by atoms with Crippen molar-refractivity contribution in [3.63, 3.8) is 0 Å². The molecule has 0 unspecified atom stereocenters. The van der Waals surface area contributed by atoms with Crippen molar-refractivity contribution in [2.24, 2.45) is 0 Å². The first kappa shape index (κ1) is 21.3. The molecule has 7 heteroatoms. The molecule has 0 amide bonds. The molecule has 0 atom stereocenters. The second-order valence-corrected chi connectivity index (χ2v) is 5.85. The number of phenolic OH excluding ortho intramolecular Hbond substituents is 1. The van der Waals surface area contributed by atoms with Gasteiger partial charge in [-0.25, -0.2) is 0 Å². The van der Waals surface area contributed by atoms with Gasteiger partial charge in [-0.05, 0) is 26.7 Å². The summed E-state index contributed by atoms with van der Waals surface area (Å²) in [6.07, 6.45) is 2.20. The van der Waals surface area contributed by atoms with Gasteiger partial charge in [-0.1, -0.05) is 23.2 Å². The molecule has 0 fully saturated rings. The molecule has 0 saturated heterocycles. The number of hydrogen-bond donors (Lipinski definition) is 1. The molecule has 0 aromatic heterocycles. The van der Waals surface area contributed by atoms with Gasteiger partial charge < -0.3 is 24.1 Å². The highest BCUT2D eigenvalue weighted by Gasteiger charge is 2.09. The minimum absolute atomic E-state index is 0.0168. The highest BCUT2D eigenvalue weighted by Crippen LogP contribution is 2.36. The fourth-order valence-corrected chi connectivity index (χ4v) is 2.62. The summed E-state index contributed by atoms with van der Waals surface area (Å²) in [5.41, 5.74) is 0. The van der Waals surface area contributed by atoms with E-state index in [1.807, 2.05) is 13.8 Å². The van der Waals surface area contributed by atoms with E-state index < -0.39 is 0 Å². The summed E-state index contributed by atoms with van der Waals surface area (Å²) in [5, 5.41) is 9.96. The van der Waals surface area contributed by atoms with Gasteiger partial charge in [0.15, 0.2) is 12.0 Å². The lowest BCUT2D eigenvalue weighted by molar-refractivity contribution is -0.146. The largest absolute Gasteiger partial charge is 0.508 e. The summed E-state index contributed by atoms with van der Waals surface area (Å²) in [7, 11) is 0. The van der Waals surface area contributed by atoms with Crippen molar-refractivity contribution in [2.75, 3.05) is 33.0 Å². The molecule has 0 saturated carbocycles. The van der Waals surface area contributed by atoms with Gasteiger partial charge in [-0.2, -0.15) is 0 Å². The van der Waals surface area contributed by atoms with Gasteiger partial charge >= 0.3 is 0 Å². The zero-order chi connectivity index (χ0) is 17.8. The number of ether oxygens (including phenoxy) is 4. The highest BCUT2D eigenvalue weighted by molar-refractivity contribution is 6.37. The average molecular weight is 381 g/mol. The van der Waals surface area contributed by atoms with E-state index in [-0.39, 0.29) is 12.0 Å². The number of hydrogen-bond acceptors (Lipinski definition) is 5. The number of phenols is 1. The van der Waals surface area contributed by atoms with Crippen LogP contribution in [0.25, 0.3) is 0 Å². The summed E-state index contributed by atoms with van der Waals surface area (Å²) in [6, 6.07) is 2.80. The number of rotatable bonds is 13. The second-order valence-electron chi connectivity index (χ2n) is 5.04. The van der Waals surface area contributed by atoms with E-state index >= 15 is 0 Å². The number of aromatic hydroxyl groups is 1. The van der Waals surface area contributed by atoms with Crippen molar-refractivity contribution in [1.29, 1.82) is 0 Å². The van der Waals surface area contributed by atoms with E-state index in [2.05, 4.69) is 0 Å². The van der Waals surface area contributed by atoms with E-state index in [0.29, 0.717) is 48.8 Å². The van der Waals surface area contributed by atoms with Gasteiger partial charge in [0.25, 0.3) is 0 Å². The van der Waals surface area contributed by atoms with Gasteiger partial charge in [-0.15, -0.1) is 0 Å². The van der Waals surface area contributed by atoms with Gasteiger partial charge in [0, 0.05) is 38.4 Å². The first-order valence-corrected chi connectivity index (χ1v) is 8.95. The molecule has 0 heterocycles. The van der Waals surface area contributed by atoms with Crippen LogP contribution in [0.3, 0.4) is 0 Å². The monoisotopic (exact) mass is 380 g/mol. The highest BCUT2D eigenvalue weighted by atomic mass is 35.5. The van der Waals surface area contributed by atoms with Crippen LogP contribution in [0.4, 0.5) is 0 Å². The summed E-state index contributed by atoms with van der Waals surface area (Å²) >= 11 is 12.0. The van der Waals surface area contributed by atoms with Crippen LogP contribution in [-0.2, 0) is 14.2 Å². The SMILES string of the molecule is CCOC(CCOCCCCOc1c(Cl)cc(O)cc1Cl)OCC. The maximum atomic E-state index is 9.36. The lowest BCUT2D eigenvalue weighted by atomic mass is 10.3. The number of unbranched alkanes of at least 4 members (excludes halogenated alkanes) is 1. The molecule has 5 nitrogen and oxygen atoms in total. The van der Waals surface area contributed by atoms with Crippen LogP contribution in [0.15, 0.2) is 12.1 Å². The molecule has 24 heavy (non-hydrogen) atoms. The third-order valence-electron chi connectivity index (χ3n) is 3.12. The smallest absolute Gasteiger partial charge is 0.159 e. The standard InChI is InChI=1S/C17H26Cl2O5/c1-3-22-16(23-4-2)7-10-21-8-5-6-9-24-17-14(18)11-13(20)12-15(17)19/h11-12,16,20H,3-10H2,1-2H3. The van der Waals surface area contributed by atoms with Crippen molar-refractivity contribution in [1.82, 2.24) is 0 Å². The van der Waals surface area contributed by atoms with E-state index in [0.717, 1.165) is 19.3 Å². The van der Waals surface area contributed by atoms with Crippen molar-refractivity contribution < 1.29 is 24.1 Å². The maximum Gasteiger partial charge on any atom is 0.159 e. The normalized spacial score (nSPS) is 11.2. The fourth-order valence-electron chi connectivity index (χ4n) is 2.03. The predicted octanol–water partition coefficient (Wildman–Crippen LogP) is 4.66. The molecule has 138 valence electrons. The van der Waals surface area contributed by atoms with Crippen LogP contribution in [-0.4, -0.2) is 44.4 Å². The Labute approximate surface area is 153 Å². The zero-order valence-electron chi connectivity index (χ0n) is 14.2. The summed E-state index contributed by atoms with van der Waals surface area (Å²) in [4.78, 5) is 0. The molecule has 1 aromatic rings. The van der Waals surface area contributed by atoms with Crippen LogP contribution >= 0.6 is 23.2 Å². The Kier molecular flexibility index (Phi) is 11.2. The van der Waals surface area contributed by atoms with Gasteiger partial charge in [-0.3, -0.25) is 0 Å². The summed E-state index contributed by atoms with van der Waals surface area (Å²) < 4.78 is 22.0. The maximum absolute atomic E-state index is 9.36. The first-order valence-electron chi connectivity index (χ1n) is 8.20. The molecule has 0 aliphatic carbocycles. The van der Waals surface area contributed by atoms with E-state index in [1.54, 1.807) is 0 Å². The van der Waals surface area contributed by atoms with Crippen molar-refractivity contribution in [3.05, 3.63) is 22.2 Å². The Morgan fingerprint density at radius 2 is 1.54 bits per heavy atom. The van der Waals surface area contributed by atoms with Crippen LogP contribution < -0.4 is 4.74 Å². The van der Waals surface area contributed by atoms with Crippen molar-refractivity contribution in [3.8, 4) is 11.5 Å². The first-order chi connectivity index (χ1) is 11.6. The Bertz CT molecular complexity index is 441. The quantitative estimate of drug-likeness (QED) is 0.398. The number of halogens is 2. The minimum atomic E-state index is -0.192. The van der Waals surface area contributed by atoms with Crippen LogP contribution in [0.2, 0.25) is 10.0 Å². The lowest BCUT2D eigenvalue weighted by Gasteiger charge is -2.16. The Morgan fingerprint density at radius 3 is 2.12 bits per heavy atom. The van der Waals surface area contributed by atoms with Crippen molar-refractivity contribution >= 4 is 23.2 Å². The third-order valence-corrected chi connectivity index (χ3v) is 3.68. The topological polar surface area (TPSA) is 57.2 Å². The molecule has 1 aromatic carbocycles. The van der Waals surface area contributed by atoms with E-state index in [1.165, 1.54) is 12.1 Å². The fraction of sp³-hybridized carbons (Fsp3) is 0.647. The van der Waals surface area contributed by atoms with Crippen molar-refractivity contribution in [2.45, 2.75) is 39.4 Å². The molecule has 1 rings (SSSR count). The number of benzene rings is 1. The van der Waals surface area contributed by atoms with Crippen LogP contribution in [0.5, 0.6) is 11.5 Å². The van der Waals surface area contributed by atoms with E-state index in [9.17, 15) is 5.11 Å². The summed E-state index contributed by atoms with van der Waals surface area (Å²) in [5.74, 6) is 0.413. The van der Waals surface area contributed by atoms with Crippen LogP contribution in [0.1, 0.15) is 33.1 Å². The zero-order valence-corrected chi connectivity index (χ0v) is 15.7. The Balaban J connectivity index is 2.10. The second kappa shape index (κ2) is 12.6. The molecular weight excluding hydrogens is 355 g/mol. The molecular formula is C17H26Cl2O5. The molecule has 0 aliphatic heterocycles. The minimum Gasteiger partial charge on any atom is -0.508 e. The molecule has 0 bridgehead atoms.